The molecule has 0 aliphatic heterocycles. The van der Waals surface area contributed by atoms with Gasteiger partial charge in [-0.25, -0.2) is 0 Å². The summed E-state index contributed by atoms with van der Waals surface area (Å²) in [5.41, 5.74) is 1.40. The van der Waals surface area contributed by atoms with Crippen LogP contribution in [-0.4, -0.2) is 86.9 Å². The molecular formula is C26H28Cl3N3O7S. The topological polar surface area (TPSA) is 163 Å². The number of benzene rings is 2. The van der Waals surface area contributed by atoms with Crippen molar-refractivity contribution in [2.45, 2.75) is 31.0 Å². The second-order valence-electron chi connectivity index (χ2n) is 9.00. The highest BCUT2D eigenvalue weighted by Crippen LogP contribution is 2.31. The summed E-state index contributed by atoms with van der Waals surface area (Å²) < 4.78 is 0. The van der Waals surface area contributed by atoms with Crippen molar-refractivity contribution in [1.82, 2.24) is 4.90 Å². The van der Waals surface area contributed by atoms with E-state index in [4.69, 9.17) is 39.9 Å². The largest absolute Gasteiger partial charge is 0.394 e. The van der Waals surface area contributed by atoms with Gasteiger partial charge in [-0.1, -0.05) is 34.8 Å². The van der Waals surface area contributed by atoms with Crippen molar-refractivity contribution in [3.05, 3.63) is 78.9 Å². The van der Waals surface area contributed by atoms with Crippen molar-refractivity contribution >= 4 is 69.3 Å². The molecule has 4 unspecified atom stereocenters. The number of rotatable bonds is 12. The first-order valence-corrected chi connectivity index (χ1v) is 13.9. The number of thiophene rings is 1. The summed E-state index contributed by atoms with van der Waals surface area (Å²) in [7, 11) is 1.62. The third kappa shape index (κ3) is 8.37. The van der Waals surface area contributed by atoms with Crippen LogP contribution in [0.1, 0.15) is 25.6 Å². The lowest BCUT2D eigenvalue weighted by molar-refractivity contribution is -0.118. The second-order valence-corrected chi connectivity index (χ2v) is 11.1. The average molecular weight is 633 g/mol. The Labute approximate surface area is 249 Å². The number of carbonyl (C=O) groups is 2. The van der Waals surface area contributed by atoms with Crippen LogP contribution in [-0.2, 0) is 6.54 Å². The van der Waals surface area contributed by atoms with Gasteiger partial charge in [-0.3, -0.25) is 14.5 Å². The SMILES string of the molecule is CN(Cc1csc(C(=O)Nc2ccc(Cl)cc2C(=O)Nc2ccc(Cl)cc2)c1Cl)CC(O)C(O)C(O)C(O)CO. The molecule has 10 nitrogen and oxygen atoms in total. The normalized spacial score (nSPS) is 14.4. The highest BCUT2D eigenvalue weighted by molar-refractivity contribution is 7.13. The second kappa shape index (κ2) is 14.6. The van der Waals surface area contributed by atoms with Gasteiger partial charge in [0.1, 0.15) is 23.2 Å². The molecule has 1 heterocycles. The van der Waals surface area contributed by atoms with E-state index in [9.17, 15) is 30.0 Å². The number of halogens is 3. The van der Waals surface area contributed by atoms with Crippen molar-refractivity contribution in [2.24, 2.45) is 0 Å². The lowest BCUT2D eigenvalue weighted by Crippen LogP contribution is -2.49. The minimum atomic E-state index is -1.74. The van der Waals surface area contributed by atoms with Crippen molar-refractivity contribution in [3.63, 3.8) is 0 Å². The number of aliphatic hydroxyl groups excluding tert-OH is 5. The summed E-state index contributed by atoms with van der Waals surface area (Å²) in [6.07, 6.45) is -6.48. The molecule has 3 aromatic rings. The maximum atomic E-state index is 13.1. The molecule has 3 rings (SSSR count). The molecule has 0 saturated heterocycles. The molecule has 14 heteroatoms. The van der Waals surface area contributed by atoms with Gasteiger partial charge in [0.15, 0.2) is 0 Å². The van der Waals surface area contributed by atoms with Gasteiger partial charge >= 0.3 is 0 Å². The van der Waals surface area contributed by atoms with Crippen LogP contribution >= 0.6 is 46.1 Å². The van der Waals surface area contributed by atoms with Gasteiger partial charge in [0.2, 0.25) is 0 Å². The smallest absolute Gasteiger partial charge is 0.267 e. The van der Waals surface area contributed by atoms with E-state index in [1.807, 2.05) is 0 Å². The van der Waals surface area contributed by atoms with Crippen molar-refractivity contribution in [2.75, 3.05) is 30.8 Å². The number of nitrogens with one attached hydrogen (secondary N) is 2. The van der Waals surface area contributed by atoms with Crippen LogP contribution in [0.2, 0.25) is 15.1 Å². The predicted molar refractivity (Wildman–Crippen MR) is 156 cm³/mol. The van der Waals surface area contributed by atoms with E-state index in [2.05, 4.69) is 10.6 Å². The Morgan fingerprint density at radius 1 is 0.900 bits per heavy atom. The summed E-state index contributed by atoms with van der Waals surface area (Å²) in [6.45, 7) is -0.706. The Balaban J connectivity index is 1.68. The van der Waals surface area contributed by atoms with E-state index < -0.39 is 42.8 Å². The van der Waals surface area contributed by atoms with Gasteiger partial charge in [0, 0.05) is 28.8 Å². The van der Waals surface area contributed by atoms with Gasteiger partial charge in [-0.2, -0.15) is 0 Å². The van der Waals surface area contributed by atoms with Crippen LogP contribution in [0.25, 0.3) is 0 Å². The Kier molecular flexibility index (Phi) is 11.7. The first-order valence-electron chi connectivity index (χ1n) is 11.9. The first kappa shape index (κ1) is 32.2. The molecule has 0 radical (unpaired) electrons. The Morgan fingerprint density at radius 3 is 2.17 bits per heavy atom. The lowest BCUT2D eigenvalue weighted by atomic mass is 10.0. The number of hydrogen-bond donors (Lipinski definition) is 7. The molecule has 40 heavy (non-hydrogen) atoms. The molecule has 216 valence electrons. The Hall–Kier alpha value is -2.29. The average Bonchev–Trinajstić information content (AvgIpc) is 3.28. The first-order chi connectivity index (χ1) is 18.9. The fraction of sp³-hybridized carbons (Fsp3) is 0.308. The number of nitrogens with zero attached hydrogens (tertiary/aromatic N) is 1. The monoisotopic (exact) mass is 631 g/mol. The van der Waals surface area contributed by atoms with Crippen LogP contribution in [0.5, 0.6) is 0 Å². The molecule has 0 bridgehead atoms. The molecule has 0 aliphatic rings. The molecule has 0 saturated carbocycles. The summed E-state index contributed by atoms with van der Waals surface area (Å²) in [5.74, 6) is -1.06. The molecule has 1 aromatic heterocycles. The number of carbonyl (C=O) groups excluding carboxylic acids is 2. The Bertz CT molecular complexity index is 1330. The van der Waals surface area contributed by atoms with Crippen LogP contribution in [0.4, 0.5) is 11.4 Å². The molecule has 2 amide bonds. The highest BCUT2D eigenvalue weighted by atomic mass is 35.5. The van der Waals surface area contributed by atoms with E-state index >= 15 is 0 Å². The summed E-state index contributed by atoms with van der Waals surface area (Å²) in [6, 6.07) is 11.0. The molecule has 0 fully saturated rings. The minimum absolute atomic E-state index is 0.110. The quantitative estimate of drug-likeness (QED) is 0.160. The third-order valence-electron chi connectivity index (χ3n) is 5.85. The predicted octanol–water partition coefficient (Wildman–Crippen LogP) is 3.08. The molecule has 2 aromatic carbocycles. The minimum Gasteiger partial charge on any atom is -0.394 e. The number of aliphatic hydroxyl groups is 5. The van der Waals surface area contributed by atoms with Crippen LogP contribution in [0.15, 0.2) is 47.8 Å². The van der Waals surface area contributed by atoms with Crippen LogP contribution < -0.4 is 10.6 Å². The van der Waals surface area contributed by atoms with Crippen molar-refractivity contribution in [3.8, 4) is 0 Å². The van der Waals surface area contributed by atoms with E-state index in [1.165, 1.54) is 18.2 Å². The van der Waals surface area contributed by atoms with Crippen LogP contribution in [0.3, 0.4) is 0 Å². The van der Waals surface area contributed by atoms with Crippen molar-refractivity contribution in [1.29, 1.82) is 0 Å². The van der Waals surface area contributed by atoms with Crippen molar-refractivity contribution < 1.29 is 35.1 Å². The van der Waals surface area contributed by atoms with E-state index in [-0.39, 0.29) is 34.2 Å². The number of hydrogen-bond acceptors (Lipinski definition) is 9. The number of likely N-dealkylation sites (N-methyl/N-ethyl adjacent to an activating group) is 1. The van der Waals surface area contributed by atoms with Gasteiger partial charge < -0.3 is 36.2 Å². The standard InChI is InChI=1S/C26H28Cl3N3O7S/c1-32(10-19(34)22(36)23(37)20(35)11-33)9-13-12-40-24(21(13)29)26(39)31-18-7-4-15(28)8-17(18)25(38)30-16-5-2-14(27)3-6-16/h2-8,12,19-20,22-23,33-37H,9-11H2,1H3,(H,30,38)(H,31,39). The van der Waals surface area contributed by atoms with Gasteiger partial charge in [0.25, 0.3) is 11.8 Å². The summed E-state index contributed by atoms with van der Waals surface area (Å²) >= 11 is 19.6. The van der Waals surface area contributed by atoms with Crippen LogP contribution in [0, 0.1) is 0 Å². The highest BCUT2D eigenvalue weighted by Gasteiger charge is 2.31. The Morgan fingerprint density at radius 2 is 1.52 bits per heavy atom. The molecule has 7 N–H and O–H groups in total. The maximum Gasteiger partial charge on any atom is 0.267 e. The fourth-order valence-corrected chi connectivity index (χ4v) is 5.25. The zero-order chi connectivity index (χ0) is 29.6. The van der Waals surface area contributed by atoms with E-state index in [1.54, 1.807) is 41.6 Å². The van der Waals surface area contributed by atoms with Gasteiger partial charge in [-0.15, -0.1) is 11.3 Å². The molecular weight excluding hydrogens is 605 g/mol. The van der Waals surface area contributed by atoms with Gasteiger partial charge in [-0.05, 0) is 60.5 Å². The molecule has 4 atom stereocenters. The summed E-state index contributed by atoms with van der Waals surface area (Å²) in [5, 5.41) is 56.5. The molecule has 0 spiro atoms. The maximum absolute atomic E-state index is 13.1. The third-order valence-corrected chi connectivity index (χ3v) is 7.91. The van der Waals surface area contributed by atoms with E-state index in [0.29, 0.717) is 21.3 Å². The van der Waals surface area contributed by atoms with Gasteiger partial charge in [0.05, 0.1) is 29.0 Å². The zero-order valence-corrected chi connectivity index (χ0v) is 24.2. The van der Waals surface area contributed by atoms with E-state index in [0.717, 1.165) is 11.3 Å². The zero-order valence-electron chi connectivity index (χ0n) is 21.1. The summed E-state index contributed by atoms with van der Waals surface area (Å²) in [4.78, 5) is 27.8. The molecule has 0 aliphatic carbocycles. The number of anilines is 2. The lowest BCUT2D eigenvalue weighted by Gasteiger charge is -2.28. The fourth-order valence-electron chi connectivity index (χ4n) is 3.71. The number of amides is 2.